The molecular formula is C12H20N2O2. The lowest BCUT2D eigenvalue weighted by Gasteiger charge is -2.17. The number of rotatable bonds is 5. The third kappa shape index (κ3) is 3.17. The van der Waals surface area contributed by atoms with E-state index in [0.717, 1.165) is 25.0 Å². The first kappa shape index (κ1) is 12.9. The summed E-state index contributed by atoms with van der Waals surface area (Å²) >= 11 is 0. The predicted molar refractivity (Wildman–Crippen MR) is 64.5 cm³/mol. The molecule has 0 atom stereocenters. The van der Waals surface area contributed by atoms with E-state index >= 15 is 0 Å². The minimum Gasteiger partial charge on any atom is -0.401 e. The molecule has 0 amide bonds. The first-order chi connectivity index (χ1) is 7.70. The van der Waals surface area contributed by atoms with Crippen molar-refractivity contribution >= 4 is 11.5 Å². The van der Waals surface area contributed by atoms with E-state index in [4.69, 9.17) is 10.5 Å². The van der Waals surface area contributed by atoms with Crippen LogP contribution in [0.1, 0.15) is 32.6 Å². The average molecular weight is 224 g/mol. The summed E-state index contributed by atoms with van der Waals surface area (Å²) in [6.45, 7) is 3.16. The Kier molecular flexibility index (Phi) is 5.19. The Morgan fingerprint density at radius 1 is 1.50 bits per heavy atom. The Morgan fingerprint density at radius 2 is 2.25 bits per heavy atom. The van der Waals surface area contributed by atoms with Crippen LogP contribution in [-0.2, 0) is 9.53 Å². The highest BCUT2D eigenvalue weighted by Crippen LogP contribution is 2.20. The SMILES string of the molecule is CCC(=NCCOC)C1=C(N)CCCC1=O. The summed E-state index contributed by atoms with van der Waals surface area (Å²) in [7, 11) is 1.64. The van der Waals surface area contributed by atoms with Gasteiger partial charge in [-0.15, -0.1) is 0 Å². The number of methoxy groups -OCH3 is 1. The van der Waals surface area contributed by atoms with Crippen LogP contribution < -0.4 is 5.73 Å². The zero-order chi connectivity index (χ0) is 12.0. The lowest BCUT2D eigenvalue weighted by atomic mass is 9.91. The summed E-state index contributed by atoms with van der Waals surface area (Å²) in [6.07, 6.45) is 3.01. The molecule has 0 radical (unpaired) electrons. The van der Waals surface area contributed by atoms with Crippen molar-refractivity contribution in [1.29, 1.82) is 0 Å². The van der Waals surface area contributed by atoms with Crippen LogP contribution in [0.2, 0.25) is 0 Å². The second-order valence-electron chi connectivity index (χ2n) is 3.85. The maximum atomic E-state index is 11.8. The van der Waals surface area contributed by atoms with E-state index in [2.05, 4.69) is 4.99 Å². The van der Waals surface area contributed by atoms with Gasteiger partial charge in [-0.05, 0) is 19.3 Å². The van der Waals surface area contributed by atoms with Crippen molar-refractivity contribution in [1.82, 2.24) is 0 Å². The number of carbonyl (C=O) groups excluding carboxylic acids is 1. The normalized spacial score (nSPS) is 18.1. The molecule has 90 valence electrons. The van der Waals surface area contributed by atoms with Crippen molar-refractivity contribution < 1.29 is 9.53 Å². The second kappa shape index (κ2) is 6.43. The molecule has 0 heterocycles. The fourth-order valence-electron chi connectivity index (χ4n) is 1.85. The number of nitrogens with two attached hydrogens (primary N) is 1. The Morgan fingerprint density at radius 3 is 2.81 bits per heavy atom. The third-order valence-corrected chi connectivity index (χ3v) is 2.67. The van der Waals surface area contributed by atoms with Gasteiger partial charge in [-0.25, -0.2) is 0 Å². The van der Waals surface area contributed by atoms with Crippen LogP contribution in [0, 0.1) is 0 Å². The van der Waals surface area contributed by atoms with Gasteiger partial charge in [-0.2, -0.15) is 0 Å². The maximum absolute atomic E-state index is 11.8. The van der Waals surface area contributed by atoms with Crippen LogP contribution in [0.3, 0.4) is 0 Å². The highest BCUT2D eigenvalue weighted by molar-refractivity contribution is 6.23. The molecular weight excluding hydrogens is 204 g/mol. The number of allylic oxidation sites excluding steroid dienone is 2. The van der Waals surface area contributed by atoms with E-state index in [9.17, 15) is 4.79 Å². The first-order valence-electron chi connectivity index (χ1n) is 5.75. The summed E-state index contributed by atoms with van der Waals surface area (Å²) in [5.74, 6) is 0.141. The molecule has 16 heavy (non-hydrogen) atoms. The van der Waals surface area contributed by atoms with E-state index in [0.29, 0.717) is 30.8 Å². The molecule has 1 aliphatic rings. The zero-order valence-corrected chi connectivity index (χ0v) is 10.1. The summed E-state index contributed by atoms with van der Waals surface area (Å²) in [5, 5.41) is 0. The monoisotopic (exact) mass is 224 g/mol. The molecule has 0 bridgehead atoms. The van der Waals surface area contributed by atoms with E-state index in [1.165, 1.54) is 0 Å². The molecule has 2 N–H and O–H groups in total. The summed E-state index contributed by atoms with van der Waals surface area (Å²) < 4.78 is 4.94. The molecule has 0 aliphatic heterocycles. The van der Waals surface area contributed by atoms with E-state index in [1.54, 1.807) is 7.11 Å². The van der Waals surface area contributed by atoms with Gasteiger partial charge in [-0.1, -0.05) is 6.92 Å². The smallest absolute Gasteiger partial charge is 0.166 e. The summed E-state index contributed by atoms with van der Waals surface area (Å²) in [4.78, 5) is 16.2. The molecule has 4 heteroatoms. The Balaban J connectivity index is 2.85. The highest BCUT2D eigenvalue weighted by atomic mass is 16.5. The molecule has 1 aliphatic carbocycles. The van der Waals surface area contributed by atoms with Gasteiger partial charge in [0.1, 0.15) is 0 Å². The van der Waals surface area contributed by atoms with Crippen LogP contribution in [0.15, 0.2) is 16.3 Å². The maximum Gasteiger partial charge on any atom is 0.166 e. The largest absolute Gasteiger partial charge is 0.401 e. The minimum atomic E-state index is 0.141. The van der Waals surface area contributed by atoms with Crippen LogP contribution in [0.25, 0.3) is 0 Å². The topological polar surface area (TPSA) is 64.7 Å². The molecule has 0 saturated carbocycles. The van der Waals surface area contributed by atoms with E-state index in [-0.39, 0.29) is 5.78 Å². The van der Waals surface area contributed by atoms with Crippen molar-refractivity contribution in [2.75, 3.05) is 20.3 Å². The molecule has 1 rings (SSSR count). The number of hydrogen-bond donors (Lipinski definition) is 1. The van der Waals surface area contributed by atoms with Crippen molar-refractivity contribution in [2.24, 2.45) is 10.7 Å². The zero-order valence-electron chi connectivity index (χ0n) is 10.1. The van der Waals surface area contributed by atoms with Gasteiger partial charge in [0.05, 0.1) is 18.7 Å². The van der Waals surface area contributed by atoms with E-state index in [1.807, 2.05) is 6.92 Å². The summed E-state index contributed by atoms with van der Waals surface area (Å²) in [5.41, 5.74) is 8.10. The molecule has 0 fully saturated rings. The predicted octanol–water partition coefficient (Wildman–Crippen LogP) is 1.45. The molecule has 0 aromatic heterocycles. The molecule has 0 unspecified atom stereocenters. The van der Waals surface area contributed by atoms with Gasteiger partial charge in [0.25, 0.3) is 0 Å². The minimum absolute atomic E-state index is 0.141. The van der Waals surface area contributed by atoms with Gasteiger partial charge in [0.2, 0.25) is 0 Å². The molecule has 0 aromatic carbocycles. The van der Waals surface area contributed by atoms with Crippen LogP contribution in [0.4, 0.5) is 0 Å². The fourth-order valence-corrected chi connectivity index (χ4v) is 1.85. The molecule has 0 saturated heterocycles. The average Bonchev–Trinajstić information content (AvgIpc) is 2.26. The number of Topliss-reactive ketones (excluding diaryl/α,β-unsaturated/α-hetero) is 1. The van der Waals surface area contributed by atoms with Gasteiger partial charge >= 0.3 is 0 Å². The Hall–Kier alpha value is -1.16. The quantitative estimate of drug-likeness (QED) is 0.568. The van der Waals surface area contributed by atoms with Crippen LogP contribution in [0.5, 0.6) is 0 Å². The standard InChI is InChI=1S/C12H20N2O2/c1-3-10(14-7-8-16-2)12-9(13)5-4-6-11(12)15/h3-8,13H2,1-2H3. The number of ether oxygens (including phenoxy) is 1. The lowest BCUT2D eigenvalue weighted by molar-refractivity contribution is -0.115. The van der Waals surface area contributed by atoms with Crippen LogP contribution >= 0.6 is 0 Å². The third-order valence-electron chi connectivity index (χ3n) is 2.67. The molecule has 0 spiro atoms. The van der Waals surface area contributed by atoms with Crippen molar-refractivity contribution in [3.05, 3.63) is 11.3 Å². The van der Waals surface area contributed by atoms with Crippen molar-refractivity contribution in [2.45, 2.75) is 32.6 Å². The van der Waals surface area contributed by atoms with E-state index < -0.39 is 0 Å². The molecule has 4 nitrogen and oxygen atoms in total. The second-order valence-corrected chi connectivity index (χ2v) is 3.85. The highest BCUT2D eigenvalue weighted by Gasteiger charge is 2.21. The number of aliphatic imine (C=N–C) groups is 1. The fraction of sp³-hybridized carbons (Fsp3) is 0.667. The van der Waals surface area contributed by atoms with Crippen LogP contribution in [-0.4, -0.2) is 31.8 Å². The number of nitrogens with zero attached hydrogens (tertiary/aromatic N) is 1. The van der Waals surface area contributed by atoms with Crippen molar-refractivity contribution in [3.8, 4) is 0 Å². The number of carbonyl (C=O) groups is 1. The summed E-state index contributed by atoms with van der Waals surface area (Å²) in [6, 6.07) is 0. The Bertz CT molecular complexity index is 319. The number of ketones is 1. The molecule has 0 aromatic rings. The lowest BCUT2D eigenvalue weighted by Crippen LogP contribution is -2.23. The van der Waals surface area contributed by atoms with Crippen molar-refractivity contribution in [3.63, 3.8) is 0 Å². The van der Waals surface area contributed by atoms with Gasteiger partial charge < -0.3 is 10.5 Å². The van der Waals surface area contributed by atoms with Gasteiger partial charge in [-0.3, -0.25) is 9.79 Å². The van der Waals surface area contributed by atoms with Gasteiger partial charge in [0.15, 0.2) is 5.78 Å². The number of hydrogen-bond acceptors (Lipinski definition) is 4. The first-order valence-corrected chi connectivity index (χ1v) is 5.75. The van der Waals surface area contributed by atoms with Gasteiger partial charge in [0, 0.05) is 24.9 Å². The Labute approximate surface area is 96.6 Å².